The molecule has 8 nitrogen and oxygen atoms in total. The summed E-state index contributed by atoms with van der Waals surface area (Å²) in [6, 6.07) is 0. The Morgan fingerprint density at radius 1 is 1.35 bits per heavy atom. The van der Waals surface area contributed by atoms with Crippen LogP contribution in [0.4, 0.5) is 0 Å². The van der Waals surface area contributed by atoms with Crippen molar-refractivity contribution in [1.29, 1.82) is 0 Å². The van der Waals surface area contributed by atoms with E-state index in [1.807, 2.05) is 0 Å². The van der Waals surface area contributed by atoms with Crippen LogP contribution in [0.25, 0.3) is 11.2 Å². The van der Waals surface area contributed by atoms with E-state index in [1.165, 1.54) is 16.3 Å². The predicted molar refractivity (Wildman–Crippen MR) is 88.9 cm³/mol. The van der Waals surface area contributed by atoms with Gasteiger partial charge in [-0.05, 0) is 12.3 Å². The van der Waals surface area contributed by atoms with Crippen LogP contribution in [-0.2, 0) is 13.6 Å². The lowest BCUT2D eigenvalue weighted by molar-refractivity contribution is 0.113. The number of thioether (sulfide) groups is 1. The molecule has 2 rings (SSSR count). The van der Waals surface area contributed by atoms with Gasteiger partial charge in [0.05, 0.1) is 12.7 Å². The molecular formula is C14H22N4O4S. The van der Waals surface area contributed by atoms with Crippen LogP contribution >= 0.6 is 11.8 Å². The number of aryl methyl sites for hydroxylation is 2. The van der Waals surface area contributed by atoms with E-state index >= 15 is 0 Å². The Hall–Kier alpha value is -1.58. The number of fused-ring (bicyclic) bond motifs is 1. The van der Waals surface area contributed by atoms with Gasteiger partial charge < -0.3 is 14.8 Å². The van der Waals surface area contributed by atoms with E-state index in [0.717, 1.165) is 6.42 Å². The number of aliphatic hydroxyl groups excluding tert-OH is 2. The number of H-pyrrole nitrogens is 1. The molecule has 23 heavy (non-hydrogen) atoms. The van der Waals surface area contributed by atoms with Gasteiger partial charge in [-0.15, -0.1) is 0 Å². The molecule has 0 aromatic carbocycles. The van der Waals surface area contributed by atoms with E-state index in [0.29, 0.717) is 28.8 Å². The van der Waals surface area contributed by atoms with Crippen molar-refractivity contribution in [3.8, 4) is 0 Å². The van der Waals surface area contributed by atoms with Crippen molar-refractivity contribution in [1.82, 2.24) is 19.1 Å². The fraction of sp³-hybridized carbons (Fsp3) is 0.643. The molecule has 0 fully saturated rings. The normalized spacial score (nSPS) is 13.1. The molecule has 3 N–H and O–H groups in total. The lowest BCUT2D eigenvalue weighted by atomic mass is 10.1. The maximum atomic E-state index is 12.2. The van der Waals surface area contributed by atoms with Crippen molar-refractivity contribution in [2.24, 2.45) is 13.0 Å². The zero-order valence-electron chi connectivity index (χ0n) is 13.4. The van der Waals surface area contributed by atoms with Crippen LogP contribution < -0.4 is 11.2 Å². The average molecular weight is 342 g/mol. The standard InChI is InChI=1S/C14H22N4O4S/c1-8(2)4-5-18-10-11(17(3)13(22)16-12(10)21)15-14(18)23-7-9(20)6-19/h8-9,19-20H,4-7H2,1-3H3,(H,16,21,22)/t9-/m0/s1. The van der Waals surface area contributed by atoms with E-state index < -0.39 is 17.4 Å². The molecule has 0 spiro atoms. The molecule has 0 amide bonds. The SMILES string of the molecule is CC(C)CCn1c(SC[C@@H](O)CO)nc2c1c(=O)[nH]c(=O)n2C. The van der Waals surface area contributed by atoms with E-state index in [2.05, 4.69) is 23.8 Å². The molecule has 0 aliphatic rings. The summed E-state index contributed by atoms with van der Waals surface area (Å²) >= 11 is 1.25. The van der Waals surface area contributed by atoms with Gasteiger partial charge in [0.2, 0.25) is 0 Å². The van der Waals surface area contributed by atoms with Crippen LogP contribution in [0, 0.1) is 5.92 Å². The molecule has 0 aliphatic heterocycles. The van der Waals surface area contributed by atoms with Crippen LogP contribution in [0.15, 0.2) is 14.7 Å². The number of imidazole rings is 1. The third-order valence-electron chi connectivity index (χ3n) is 3.52. The molecule has 2 heterocycles. The summed E-state index contributed by atoms with van der Waals surface area (Å²) in [4.78, 5) is 30.6. The number of hydrogen-bond donors (Lipinski definition) is 3. The number of nitrogens with one attached hydrogen (secondary N) is 1. The van der Waals surface area contributed by atoms with E-state index in [-0.39, 0.29) is 12.4 Å². The van der Waals surface area contributed by atoms with Crippen molar-refractivity contribution in [3.05, 3.63) is 20.8 Å². The summed E-state index contributed by atoms with van der Waals surface area (Å²) < 4.78 is 3.08. The Morgan fingerprint density at radius 2 is 2.04 bits per heavy atom. The molecular weight excluding hydrogens is 320 g/mol. The molecule has 0 saturated carbocycles. The first-order valence-corrected chi connectivity index (χ1v) is 8.45. The second-order valence-corrected chi connectivity index (χ2v) is 6.85. The molecule has 2 aromatic rings. The van der Waals surface area contributed by atoms with Crippen LogP contribution in [0.1, 0.15) is 20.3 Å². The van der Waals surface area contributed by atoms with Gasteiger partial charge >= 0.3 is 5.69 Å². The monoisotopic (exact) mass is 342 g/mol. The van der Waals surface area contributed by atoms with Gasteiger partial charge in [-0.3, -0.25) is 14.3 Å². The van der Waals surface area contributed by atoms with Crippen LogP contribution in [0.2, 0.25) is 0 Å². The van der Waals surface area contributed by atoms with Gasteiger partial charge in [-0.2, -0.15) is 0 Å². The van der Waals surface area contributed by atoms with Crippen LogP contribution in [0.3, 0.4) is 0 Å². The van der Waals surface area contributed by atoms with Gasteiger partial charge in [0, 0.05) is 19.3 Å². The average Bonchev–Trinajstić information content (AvgIpc) is 2.87. The van der Waals surface area contributed by atoms with Gasteiger partial charge in [0.15, 0.2) is 16.3 Å². The number of aromatic amines is 1. The molecule has 0 radical (unpaired) electrons. The van der Waals surface area contributed by atoms with Crippen molar-refractivity contribution in [3.63, 3.8) is 0 Å². The van der Waals surface area contributed by atoms with Gasteiger partial charge in [-0.1, -0.05) is 25.6 Å². The first-order chi connectivity index (χ1) is 10.8. The quantitative estimate of drug-likeness (QED) is 0.606. The molecule has 0 aliphatic carbocycles. The maximum Gasteiger partial charge on any atom is 0.329 e. The fourth-order valence-electron chi connectivity index (χ4n) is 2.14. The smallest absolute Gasteiger partial charge is 0.329 e. The van der Waals surface area contributed by atoms with Gasteiger partial charge in [-0.25, -0.2) is 9.78 Å². The second-order valence-electron chi connectivity index (χ2n) is 5.87. The second kappa shape index (κ2) is 7.33. The molecule has 0 bridgehead atoms. The van der Waals surface area contributed by atoms with Crippen LogP contribution in [-0.4, -0.2) is 47.8 Å². The summed E-state index contributed by atoms with van der Waals surface area (Å²) in [5.74, 6) is 0.702. The van der Waals surface area contributed by atoms with E-state index in [9.17, 15) is 14.7 Å². The Balaban J connectivity index is 2.53. The number of nitrogens with zero attached hydrogens (tertiary/aromatic N) is 3. The number of aliphatic hydroxyl groups is 2. The molecule has 9 heteroatoms. The zero-order chi connectivity index (χ0) is 17.1. The zero-order valence-corrected chi connectivity index (χ0v) is 14.3. The van der Waals surface area contributed by atoms with Crippen LogP contribution in [0.5, 0.6) is 0 Å². The van der Waals surface area contributed by atoms with Crippen molar-refractivity contribution >= 4 is 22.9 Å². The summed E-state index contributed by atoms with van der Waals surface area (Å²) in [5, 5.41) is 19.0. The number of aromatic nitrogens is 4. The van der Waals surface area contributed by atoms with Crippen molar-refractivity contribution in [2.75, 3.05) is 12.4 Å². The highest BCUT2D eigenvalue weighted by Gasteiger charge is 2.18. The van der Waals surface area contributed by atoms with Crippen molar-refractivity contribution in [2.45, 2.75) is 38.1 Å². The molecule has 128 valence electrons. The first kappa shape index (κ1) is 17.8. The highest BCUT2D eigenvalue weighted by molar-refractivity contribution is 7.99. The minimum absolute atomic E-state index is 0.257. The van der Waals surface area contributed by atoms with Gasteiger partial charge in [0.1, 0.15) is 0 Å². The number of rotatable bonds is 7. The topological polar surface area (TPSA) is 113 Å². The highest BCUT2D eigenvalue weighted by atomic mass is 32.2. The third-order valence-corrected chi connectivity index (χ3v) is 4.64. The highest BCUT2D eigenvalue weighted by Crippen LogP contribution is 2.23. The predicted octanol–water partition coefficient (Wildman–Crippen LogP) is -0.0853. The minimum Gasteiger partial charge on any atom is -0.394 e. The Morgan fingerprint density at radius 3 is 2.65 bits per heavy atom. The summed E-state index contributed by atoms with van der Waals surface area (Å²) in [6.07, 6.45) is -0.00963. The molecule has 0 unspecified atom stereocenters. The lowest BCUT2D eigenvalue weighted by Gasteiger charge is -2.11. The van der Waals surface area contributed by atoms with E-state index in [4.69, 9.17) is 5.11 Å². The Labute approximate surface area is 137 Å². The largest absolute Gasteiger partial charge is 0.394 e. The maximum absolute atomic E-state index is 12.2. The third kappa shape index (κ3) is 3.85. The van der Waals surface area contributed by atoms with Crippen molar-refractivity contribution < 1.29 is 10.2 Å². The summed E-state index contributed by atoms with van der Waals surface area (Å²) in [5.41, 5.74) is -0.297. The molecule has 2 aromatic heterocycles. The molecule has 1 atom stereocenters. The fourth-order valence-corrected chi connectivity index (χ4v) is 3.08. The van der Waals surface area contributed by atoms with E-state index in [1.54, 1.807) is 11.6 Å². The number of hydrogen-bond acceptors (Lipinski definition) is 6. The summed E-state index contributed by atoms with van der Waals surface area (Å²) in [7, 11) is 1.55. The minimum atomic E-state index is -0.861. The molecule has 0 saturated heterocycles. The Kier molecular flexibility index (Phi) is 5.66. The summed E-state index contributed by atoms with van der Waals surface area (Å²) in [6.45, 7) is 4.42. The lowest BCUT2D eigenvalue weighted by Crippen LogP contribution is -2.29. The first-order valence-electron chi connectivity index (χ1n) is 7.46. The van der Waals surface area contributed by atoms with Gasteiger partial charge in [0.25, 0.3) is 5.56 Å². The Bertz CT molecular complexity index is 792.